The highest BCUT2D eigenvalue weighted by Crippen LogP contribution is 2.14. The van der Waals surface area contributed by atoms with Gasteiger partial charge >= 0.3 is 0 Å². The van der Waals surface area contributed by atoms with Crippen molar-refractivity contribution < 1.29 is 13.2 Å². The van der Waals surface area contributed by atoms with E-state index in [-0.39, 0.29) is 17.3 Å². The number of likely N-dealkylation sites (N-methyl/N-ethyl adjacent to an activating group) is 1. The van der Waals surface area contributed by atoms with E-state index in [1.165, 1.54) is 12.1 Å². The number of nitrogens with zero attached hydrogens (tertiary/aromatic N) is 3. The minimum atomic E-state index is -3.65. The molecule has 1 aliphatic rings. The predicted molar refractivity (Wildman–Crippen MR) is 103 cm³/mol. The van der Waals surface area contributed by atoms with E-state index in [9.17, 15) is 13.2 Å². The van der Waals surface area contributed by atoms with Crippen LogP contribution in [0.2, 0.25) is 0 Å². The Kier molecular flexibility index (Phi) is 6.20. The molecule has 1 aromatic heterocycles. The standard InChI is InChI=1S/C19H24N4O3S/c1-2-22-10-12-23(13-11-22)19(24)17-5-7-18(8-6-17)27(25,26)21-15-16-4-3-9-20-14-16/h3-9,14,21H,2,10-13,15H2,1H3. The number of rotatable bonds is 6. The molecular formula is C19H24N4O3S. The predicted octanol–water partition coefficient (Wildman–Crippen LogP) is 1.34. The smallest absolute Gasteiger partial charge is 0.253 e. The van der Waals surface area contributed by atoms with Crippen molar-refractivity contribution in [3.8, 4) is 0 Å². The number of nitrogens with one attached hydrogen (secondary N) is 1. The molecule has 0 unspecified atom stereocenters. The van der Waals surface area contributed by atoms with Crippen LogP contribution in [0.5, 0.6) is 0 Å². The van der Waals surface area contributed by atoms with E-state index in [0.717, 1.165) is 25.2 Å². The summed E-state index contributed by atoms with van der Waals surface area (Å²) in [5, 5.41) is 0. The maximum Gasteiger partial charge on any atom is 0.253 e. The number of pyridine rings is 1. The Morgan fingerprint density at radius 2 is 1.81 bits per heavy atom. The maximum atomic E-state index is 12.6. The third-order valence-electron chi connectivity index (χ3n) is 4.71. The van der Waals surface area contributed by atoms with Gasteiger partial charge in [0.15, 0.2) is 0 Å². The lowest BCUT2D eigenvalue weighted by molar-refractivity contribution is 0.0643. The summed E-state index contributed by atoms with van der Waals surface area (Å²) in [6.07, 6.45) is 3.25. The van der Waals surface area contributed by atoms with Crippen molar-refractivity contribution in [3.05, 3.63) is 59.9 Å². The maximum absolute atomic E-state index is 12.6. The molecule has 1 aromatic carbocycles. The van der Waals surface area contributed by atoms with E-state index in [4.69, 9.17) is 0 Å². The summed E-state index contributed by atoms with van der Waals surface area (Å²) < 4.78 is 27.4. The van der Waals surface area contributed by atoms with Gasteiger partial charge in [0.1, 0.15) is 0 Å². The molecule has 2 aromatic rings. The molecule has 1 fully saturated rings. The van der Waals surface area contributed by atoms with Gasteiger partial charge in [0.05, 0.1) is 4.90 Å². The van der Waals surface area contributed by atoms with Crippen molar-refractivity contribution in [2.75, 3.05) is 32.7 Å². The third-order valence-corrected chi connectivity index (χ3v) is 6.12. The zero-order chi connectivity index (χ0) is 19.3. The molecule has 0 spiro atoms. The monoisotopic (exact) mass is 388 g/mol. The van der Waals surface area contributed by atoms with Crippen molar-refractivity contribution >= 4 is 15.9 Å². The van der Waals surface area contributed by atoms with Crippen molar-refractivity contribution in [1.82, 2.24) is 19.5 Å². The fraction of sp³-hybridized carbons (Fsp3) is 0.368. The highest BCUT2D eigenvalue weighted by Gasteiger charge is 2.22. The van der Waals surface area contributed by atoms with Gasteiger partial charge in [-0.1, -0.05) is 13.0 Å². The van der Waals surface area contributed by atoms with E-state index in [0.29, 0.717) is 18.7 Å². The number of sulfonamides is 1. The van der Waals surface area contributed by atoms with E-state index in [1.807, 2.05) is 4.90 Å². The van der Waals surface area contributed by atoms with Crippen LogP contribution >= 0.6 is 0 Å². The van der Waals surface area contributed by atoms with Gasteiger partial charge in [0, 0.05) is 50.7 Å². The van der Waals surface area contributed by atoms with Gasteiger partial charge in [-0.05, 0) is 42.4 Å². The molecule has 1 saturated heterocycles. The number of carbonyl (C=O) groups excluding carboxylic acids is 1. The summed E-state index contributed by atoms with van der Waals surface area (Å²) in [5.74, 6) is -0.0574. The fourth-order valence-corrected chi connectivity index (χ4v) is 4.01. The molecule has 2 heterocycles. The largest absolute Gasteiger partial charge is 0.336 e. The summed E-state index contributed by atoms with van der Waals surface area (Å²) in [6, 6.07) is 9.66. The zero-order valence-corrected chi connectivity index (χ0v) is 16.2. The minimum absolute atomic E-state index is 0.0574. The lowest BCUT2D eigenvalue weighted by Gasteiger charge is -2.34. The fourth-order valence-electron chi connectivity index (χ4n) is 2.99. The van der Waals surface area contributed by atoms with Crippen LogP contribution in [0.4, 0.5) is 0 Å². The van der Waals surface area contributed by atoms with Crippen molar-refractivity contribution in [2.24, 2.45) is 0 Å². The minimum Gasteiger partial charge on any atom is -0.336 e. The van der Waals surface area contributed by atoms with Crippen LogP contribution < -0.4 is 4.72 Å². The lowest BCUT2D eigenvalue weighted by atomic mass is 10.2. The van der Waals surface area contributed by atoms with Gasteiger partial charge in [-0.2, -0.15) is 0 Å². The topological polar surface area (TPSA) is 82.6 Å². The summed E-state index contributed by atoms with van der Waals surface area (Å²) in [5.41, 5.74) is 1.28. The molecule has 8 heteroatoms. The van der Waals surface area contributed by atoms with Crippen molar-refractivity contribution in [3.63, 3.8) is 0 Å². The van der Waals surface area contributed by atoms with Crippen molar-refractivity contribution in [2.45, 2.75) is 18.4 Å². The molecular weight excluding hydrogens is 364 g/mol. The number of carbonyl (C=O) groups is 1. The number of aromatic nitrogens is 1. The second-order valence-electron chi connectivity index (χ2n) is 6.44. The first-order chi connectivity index (χ1) is 13.0. The summed E-state index contributed by atoms with van der Waals surface area (Å²) >= 11 is 0. The molecule has 7 nitrogen and oxygen atoms in total. The number of amides is 1. The Hall–Kier alpha value is -2.29. The molecule has 1 N–H and O–H groups in total. The van der Waals surface area contributed by atoms with Crippen LogP contribution in [0, 0.1) is 0 Å². The van der Waals surface area contributed by atoms with Crippen LogP contribution in [0.3, 0.4) is 0 Å². The van der Waals surface area contributed by atoms with Gasteiger partial charge in [0.2, 0.25) is 10.0 Å². The van der Waals surface area contributed by atoms with Gasteiger partial charge in [-0.25, -0.2) is 13.1 Å². The first-order valence-electron chi connectivity index (χ1n) is 9.00. The van der Waals surface area contributed by atoms with E-state index in [2.05, 4.69) is 21.5 Å². The quantitative estimate of drug-likeness (QED) is 0.807. The first kappa shape index (κ1) is 19.5. The van der Waals surface area contributed by atoms with Gasteiger partial charge < -0.3 is 9.80 Å². The Morgan fingerprint density at radius 3 is 2.41 bits per heavy atom. The molecule has 3 rings (SSSR count). The number of benzene rings is 1. The molecule has 0 aliphatic carbocycles. The lowest BCUT2D eigenvalue weighted by Crippen LogP contribution is -2.48. The molecule has 144 valence electrons. The van der Waals surface area contributed by atoms with Gasteiger partial charge in [-0.3, -0.25) is 9.78 Å². The average Bonchev–Trinajstić information content (AvgIpc) is 2.73. The molecule has 27 heavy (non-hydrogen) atoms. The highest BCUT2D eigenvalue weighted by molar-refractivity contribution is 7.89. The van der Waals surface area contributed by atoms with Crippen molar-refractivity contribution in [1.29, 1.82) is 0 Å². The summed E-state index contributed by atoms with van der Waals surface area (Å²) in [4.78, 5) is 20.8. The highest BCUT2D eigenvalue weighted by atomic mass is 32.2. The normalized spacial score (nSPS) is 15.7. The summed E-state index contributed by atoms with van der Waals surface area (Å²) in [6.45, 7) is 6.39. The van der Waals surface area contributed by atoms with Crippen LogP contribution in [-0.4, -0.2) is 61.8 Å². The van der Waals surface area contributed by atoms with E-state index in [1.54, 1.807) is 36.7 Å². The third kappa shape index (κ3) is 4.91. The second-order valence-corrected chi connectivity index (χ2v) is 8.20. The molecule has 1 aliphatic heterocycles. The number of piperazine rings is 1. The molecule has 0 atom stereocenters. The molecule has 0 saturated carbocycles. The van der Waals surface area contributed by atoms with E-state index >= 15 is 0 Å². The molecule has 1 amide bonds. The Labute approximate surface area is 160 Å². The van der Waals surface area contributed by atoms with Gasteiger partial charge in [-0.15, -0.1) is 0 Å². The van der Waals surface area contributed by atoms with Crippen LogP contribution in [0.25, 0.3) is 0 Å². The zero-order valence-electron chi connectivity index (χ0n) is 15.3. The van der Waals surface area contributed by atoms with Gasteiger partial charge in [0.25, 0.3) is 5.91 Å². The van der Waals surface area contributed by atoms with Crippen LogP contribution in [0.15, 0.2) is 53.7 Å². The Bertz CT molecular complexity index is 862. The molecule has 0 radical (unpaired) electrons. The summed E-state index contributed by atoms with van der Waals surface area (Å²) in [7, 11) is -3.65. The second kappa shape index (κ2) is 8.60. The Balaban J connectivity index is 1.63. The first-order valence-corrected chi connectivity index (χ1v) is 10.5. The van der Waals surface area contributed by atoms with Crippen LogP contribution in [-0.2, 0) is 16.6 Å². The number of hydrogen-bond donors (Lipinski definition) is 1. The Morgan fingerprint density at radius 1 is 1.11 bits per heavy atom. The SMILES string of the molecule is CCN1CCN(C(=O)c2ccc(S(=O)(=O)NCc3cccnc3)cc2)CC1. The van der Waals surface area contributed by atoms with Crippen LogP contribution in [0.1, 0.15) is 22.8 Å². The number of hydrogen-bond acceptors (Lipinski definition) is 5. The molecule has 0 bridgehead atoms. The van der Waals surface area contributed by atoms with E-state index < -0.39 is 10.0 Å². The average molecular weight is 388 g/mol.